The Morgan fingerprint density at radius 3 is 2.60 bits per heavy atom. The summed E-state index contributed by atoms with van der Waals surface area (Å²) in [4.78, 5) is 0.583. The Morgan fingerprint density at radius 1 is 1.47 bits per heavy atom. The molecule has 1 aliphatic rings. The number of benzene rings is 1. The Kier molecular flexibility index (Phi) is 3.10. The van der Waals surface area contributed by atoms with Crippen LogP contribution < -0.4 is 0 Å². The molecule has 1 nitrogen and oxygen atoms in total. The largest absolute Gasteiger partial charge is 0.385 e. The monoisotopic (exact) mass is 290 g/mol. The van der Waals surface area contributed by atoms with Crippen molar-refractivity contribution in [2.45, 2.75) is 29.8 Å². The summed E-state index contributed by atoms with van der Waals surface area (Å²) >= 11 is 4.70. The third-order valence-corrected chi connectivity index (χ3v) is 4.10. The zero-order chi connectivity index (χ0) is 11.1. The maximum absolute atomic E-state index is 14.0. The molecule has 0 aromatic heterocycles. The van der Waals surface area contributed by atoms with Gasteiger partial charge >= 0.3 is 0 Å². The standard InChI is InChI=1S/C11H12BrFOS/c1-15-9-6-7(12)5-8(10(9)13)11(14)3-2-4-11/h5-6,14H,2-4H2,1H3. The van der Waals surface area contributed by atoms with Crippen LogP contribution in [0.5, 0.6) is 0 Å². The first-order valence-electron chi connectivity index (χ1n) is 4.83. The van der Waals surface area contributed by atoms with E-state index in [0.29, 0.717) is 23.3 Å². The second-order valence-corrected chi connectivity index (χ2v) is 5.62. The van der Waals surface area contributed by atoms with Gasteiger partial charge in [0.05, 0.1) is 5.60 Å². The molecule has 1 aromatic rings. The summed E-state index contributed by atoms with van der Waals surface area (Å²) in [6, 6.07) is 3.43. The minimum atomic E-state index is -0.932. The first-order valence-corrected chi connectivity index (χ1v) is 6.84. The maximum atomic E-state index is 14.0. The molecule has 0 radical (unpaired) electrons. The fourth-order valence-electron chi connectivity index (χ4n) is 1.83. The van der Waals surface area contributed by atoms with Crippen molar-refractivity contribution in [2.75, 3.05) is 6.26 Å². The van der Waals surface area contributed by atoms with Crippen LogP contribution in [0.1, 0.15) is 24.8 Å². The highest BCUT2D eigenvalue weighted by atomic mass is 79.9. The van der Waals surface area contributed by atoms with Crippen molar-refractivity contribution in [1.29, 1.82) is 0 Å². The lowest BCUT2D eigenvalue weighted by Gasteiger charge is -2.37. The summed E-state index contributed by atoms with van der Waals surface area (Å²) in [6.07, 6.45) is 4.12. The molecular formula is C11H12BrFOS. The van der Waals surface area contributed by atoms with Crippen molar-refractivity contribution in [2.24, 2.45) is 0 Å². The molecule has 0 saturated heterocycles. The lowest BCUT2D eigenvalue weighted by atomic mass is 9.75. The van der Waals surface area contributed by atoms with Gasteiger partial charge in [0, 0.05) is 14.9 Å². The zero-order valence-corrected chi connectivity index (χ0v) is 10.8. The van der Waals surface area contributed by atoms with Crippen LogP contribution in [0, 0.1) is 5.82 Å². The number of rotatable bonds is 2. The Labute approximate surface area is 101 Å². The van der Waals surface area contributed by atoms with Crippen molar-refractivity contribution < 1.29 is 9.50 Å². The van der Waals surface area contributed by atoms with Gasteiger partial charge in [-0.2, -0.15) is 0 Å². The molecule has 4 heteroatoms. The van der Waals surface area contributed by atoms with Gasteiger partial charge in [-0.05, 0) is 37.7 Å². The van der Waals surface area contributed by atoms with Crippen LogP contribution >= 0.6 is 27.7 Å². The molecule has 0 bridgehead atoms. The molecule has 1 N–H and O–H groups in total. The molecule has 0 aliphatic heterocycles. The Hall–Kier alpha value is -0.0600. The molecule has 15 heavy (non-hydrogen) atoms. The fourth-order valence-corrected chi connectivity index (χ4v) is 2.98. The second kappa shape index (κ2) is 4.07. The van der Waals surface area contributed by atoms with Gasteiger partial charge in [-0.15, -0.1) is 11.8 Å². The number of aliphatic hydroxyl groups is 1. The number of hydrogen-bond donors (Lipinski definition) is 1. The van der Waals surface area contributed by atoms with E-state index in [1.54, 1.807) is 12.1 Å². The van der Waals surface area contributed by atoms with E-state index in [1.807, 2.05) is 6.26 Å². The van der Waals surface area contributed by atoms with E-state index < -0.39 is 5.60 Å². The van der Waals surface area contributed by atoms with Crippen LogP contribution in [0.15, 0.2) is 21.5 Å². The van der Waals surface area contributed by atoms with Gasteiger partial charge in [0.15, 0.2) is 0 Å². The molecule has 1 aliphatic carbocycles. The SMILES string of the molecule is CSc1cc(Br)cc(C2(O)CCC2)c1F. The van der Waals surface area contributed by atoms with Gasteiger partial charge in [0.2, 0.25) is 0 Å². The average molecular weight is 291 g/mol. The van der Waals surface area contributed by atoms with Gasteiger partial charge < -0.3 is 5.11 Å². The summed E-state index contributed by atoms with van der Waals surface area (Å²) in [7, 11) is 0. The first-order chi connectivity index (χ1) is 7.07. The van der Waals surface area contributed by atoms with Gasteiger partial charge in [-0.25, -0.2) is 4.39 Å². The van der Waals surface area contributed by atoms with Crippen LogP contribution in [0.3, 0.4) is 0 Å². The summed E-state index contributed by atoms with van der Waals surface area (Å²) < 4.78 is 14.8. The van der Waals surface area contributed by atoms with Gasteiger partial charge in [0.1, 0.15) is 5.82 Å². The van der Waals surface area contributed by atoms with Crippen LogP contribution in [0.2, 0.25) is 0 Å². The number of thioether (sulfide) groups is 1. The van der Waals surface area contributed by atoms with Crippen LogP contribution in [0.4, 0.5) is 4.39 Å². The summed E-state index contributed by atoms with van der Waals surface area (Å²) in [5.74, 6) is -0.270. The molecule has 1 aromatic carbocycles. The molecule has 1 fully saturated rings. The second-order valence-electron chi connectivity index (χ2n) is 3.85. The highest BCUT2D eigenvalue weighted by Crippen LogP contribution is 2.44. The molecule has 0 atom stereocenters. The highest BCUT2D eigenvalue weighted by Gasteiger charge is 2.39. The molecule has 1 saturated carbocycles. The highest BCUT2D eigenvalue weighted by molar-refractivity contribution is 9.10. The minimum Gasteiger partial charge on any atom is -0.385 e. The van der Waals surface area contributed by atoms with Crippen molar-refractivity contribution >= 4 is 27.7 Å². The van der Waals surface area contributed by atoms with E-state index in [2.05, 4.69) is 15.9 Å². The van der Waals surface area contributed by atoms with Crippen molar-refractivity contribution in [3.8, 4) is 0 Å². The van der Waals surface area contributed by atoms with Gasteiger partial charge in [-0.1, -0.05) is 15.9 Å². The van der Waals surface area contributed by atoms with Crippen LogP contribution in [-0.4, -0.2) is 11.4 Å². The van der Waals surface area contributed by atoms with E-state index in [4.69, 9.17) is 0 Å². The van der Waals surface area contributed by atoms with Crippen molar-refractivity contribution in [3.05, 3.63) is 28.0 Å². The lowest BCUT2D eigenvalue weighted by molar-refractivity contribution is -0.0420. The Balaban J connectivity index is 2.50. The molecule has 0 unspecified atom stereocenters. The smallest absolute Gasteiger partial charge is 0.142 e. The van der Waals surface area contributed by atoms with Crippen molar-refractivity contribution in [3.63, 3.8) is 0 Å². The third-order valence-electron chi connectivity index (χ3n) is 2.91. The molecule has 2 rings (SSSR count). The number of halogens is 2. The van der Waals surface area contributed by atoms with Crippen LogP contribution in [0.25, 0.3) is 0 Å². The van der Waals surface area contributed by atoms with E-state index in [9.17, 15) is 9.50 Å². The Morgan fingerprint density at radius 2 is 2.13 bits per heavy atom. The predicted octanol–water partition coefficient (Wildman–Crippen LogP) is 3.68. The fraction of sp³-hybridized carbons (Fsp3) is 0.455. The third kappa shape index (κ3) is 1.95. The summed E-state index contributed by atoms with van der Waals surface area (Å²) in [5.41, 5.74) is -0.495. The molecule has 0 amide bonds. The van der Waals surface area contributed by atoms with E-state index >= 15 is 0 Å². The molecule has 82 valence electrons. The zero-order valence-electron chi connectivity index (χ0n) is 8.39. The first kappa shape index (κ1) is 11.4. The van der Waals surface area contributed by atoms with Gasteiger partial charge in [-0.3, -0.25) is 0 Å². The average Bonchev–Trinajstić information content (AvgIpc) is 2.17. The van der Waals surface area contributed by atoms with Crippen molar-refractivity contribution in [1.82, 2.24) is 0 Å². The van der Waals surface area contributed by atoms with Crippen LogP contribution in [-0.2, 0) is 5.60 Å². The van der Waals surface area contributed by atoms with E-state index in [1.165, 1.54) is 11.8 Å². The quantitative estimate of drug-likeness (QED) is 0.839. The van der Waals surface area contributed by atoms with E-state index in [-0.39, 0.29) is 5.82 Å². The molecular weight excluding hydrogens is 279 g/mol. The van der Waals surface area contributed by atoms with E-state index in [0.717, 1.165) is 10.9 Å². The Bertz CT molecular complexity index is 390. The molecule has 0 heterocycles. The summed E-state index contributed by atoms with van der Waals surface area (Å²) in [6.45, 7) is 0. The predicted molar refractivity (Wildman–Crippen MR) is 63.6 cm³/mol. The normalized spacial score (nSPS) is 18.7. The minimum absolute atomic E-state index is 0.270. The maximum Gasteiger partial charge on any atom is 0.142 e. The topological polar surface area (TPSA) is 20.2 Å². The van der Waals surface area contributed by atoms with Gasteiger partial charge in [0.25, 0.3) is 0 Å². The summed E-state index contributed by atoms with van der Waals surface area (Å²) in [5, 5.41) is 10.1. The number of hydrogen-bond acceptors (Lipinski definition) is 2. The lowest BCUT2D eigenvalue weighted by Crippen LogP contribution is -2.34. The molecule has 0 spiro atoms.